The van der Waals surface area contributed by atoms with Crippen molar-refractivity contribution in [2.24, 2.45) is 5.92 Å². The maximum atomic E-state index is 12.1. The Labute approximate surface area is 130 Å². The predicted octanol–water partition coefficient (Wildman–Crippen LogP) is 2.78. The molecule has 0 spiro atoms. The fraction of sp³-hybridized carbons (Fsp3) is 0.562. The van der Waals surface area contributed by atoms with Crippen LogP contribution >= 0.6 is 11.6 Å². The van der Waals surface area contributed by atoms with Gasteiger partial charge in [-0.15, -0.1) is 0 Å². The molecule has 1 aliphatic carbocycles. The van der Waals surface area contributed by atoms with Crippen molar-refractivity contribution < 1.29 is 14.6 Å². The van der Waals surface area contributed by atoms with Crippen LogP contribution in [0.4, 0.5) is 0 Å². The fourth-order valence-corrected chi connectivity index (χ4v) is 3.18. The molecule has 2 unspecified atom stereocenters. The Kier molecular flexibility index (Phi) is 5.48. The Morgan fingerprint density at radius 3 is 2.95 bits per heavy atom. The van der Waals surface area contributed by atoms with Crippen molar-refractivity contribution in [1.29, 1.82) is 0 Å². The zero-order valence-electron chi connectivity index (χ0n) is 12.3. The minimum absolute atomic E-state index is 0.0326. The zero-order chi connectivity index (χ0) is 15.3. The van der Waals surface area contributed by atoms with Gasteiger partial charge in [-0.2, -0.15) is 0 Å². The van der Waals surface area contributed by atoms with Crippen molar-refractivity contribution in [3.63, 3.8) is 0 Å². The van der Waals surface area contributed by atoms with E-state index in [0.29, 0.717) is 16.7 Å². The molecule has 4 nitrogen and oxygen atoms in total. The molecule has 0 bridgehead atoms. The van der Waals surface area contributed by atoms with Gasteiger partial charge in [0.15, 0.2) is 6.61 Å². The third kappa shape index (κ3) is 4.35. The topological polar surface area (TPSA) is 58.6 Å². The first kappa shape index (κ1) is 16.1. The lowest BCUT2D eigenvalue weighted by Gasteiger charge is -2.39. The number of halogens is 1. The normalized spacial score (nSPS) is 25.4. The van der Waals surface area contributed by atoms with E-state index in [4.69, 9.17) is 16.3 Å². The van der Waals surface area contributed by atoms with Crippen LogP contribution in [0.25, 0.3) is 0 Å². The van der Waals surface area contributed by atoms with Gasteiger partial charge in [0.25, 0.3) is 5.91 Å². The minimum atomic E-state index is -0.501. The molecule has 1 fully saturated rings. The summed E-state index contributed by atoms with van der Waals surface area (Å²) in [5.74, 6) is 0.776. The van der Waals surface area contributed by atoms with Gasteiger partial charge >= 0.3 is 0 Å². The highest BCUT2D eigenvalue weighted by atomic mass is 35.5. The first-order valence-corrected chi connectivity index (χ1v) is 7.72. The molecule has 2 rings (SSSR count). The molecular formula is C16H22ClNO3. The third-order valence-electron chi connectivity index (χ3n) is 3.99. The van der Waals surface area contributed by atoms with E-state index in [1.54, 1.807) is 24.3 Å². The molecule has 0 saturated heterocycles. The lowest BCUT2D eigenvalue weighted by Crippen LogP contribution is -2.55. The number of ether oxygens (including phenoxy) is 1. The molecule has 2 N–H and O–H groups in total. The molecule has 21 heavy (non-hydrogen) atoms. The zero-order valence-corrected chi connectivity index (χ0v) is 13.0. The second-order valence-electron chi connectivity index (χ2n) is 5.91. The van der Waals surface area contributed by atoms with Gasteiger partial charge in [-0.05, 0) is 30.9 Å². The number of rotatable bonds is 5. The van der Waals surface area contributed by atoms with Gasteiger partial charge in [0.1, 0.15) is 5.75 Å². The third-order valence-corrected chi connectivity index (χ3v) is 4.31. The Bertz CT molecular complexity index is 494. The molecule has 0 radical (unpaired) electrons. The molecule has 0 heterocycles. The van der Waals surface area contributed by atoms with E-state index in [0.717, 1.165) is 25.7 Å². The van der Waals surface area contributed by atoms with Crippen LogP contribution in [0.15, 0.2) is 24.3 Å². The number of aliphatic hydroxyl groups is 1. The van der Waals surface area contributed by atoms with Crippen LogP contribution in [-0.4, -0.2) is 29.8 Å². The van der Waals surface area contributed by atoms with Crippen molar-refractivity contribution >= 4 is 17.5 Å². The highest BCUT2D eigenvalue weighted by Crippen LogP contribution is 2.32. The van der Waals surface area contributed by atoms with Gasteiger partial charge in [0.2, 0.25) is 0 Å². The summed E-state index contributed by atoms with van der Waals surface area (Å²) in [6, 6.07) is 7.05. The Morgan fingerprint density at radius 2 is 2.29 bits per heavy atom. The summed E-state index contributed by atoms with van der Waals surface area (Å²) < 4.78 is 5.43. The number of benzene rings is 1. The molecule has 1 amide bonds. The standard InChI is InChI=1S/C16H22ClNO3/c1-12-5-4-8-16(9-12,11-19)18-15(20)10-21-14-7-3-2-6-13(14)17/h2-3,6-7,12,19H,4-5,8-11H2,1H3,(H,18,20). The molecule has 5 heteroatoms. The summed E-state index contributed by atoms with van der Waals surface area (Å²) in [6.45, 7) is 2.02. The average molecular weight is 312 g/mol. The van der Waals surface area contributed by atoms with Crippen LogP contribution in [0.3, 0.4) is 0 Å². The summed E-state index contributed by atoms with van der Waals surface area (Å²) in [5, 5.41) is 13.1. The Hall–Kier alpha value is -1.26. The highest BCUT2D eigenvalue weighted by Gasteiger charge is 2.35. The van der Waals surface area contributed by atoms with Gasteiger partial charge in [0, 0.05) is 0 Å². The number of hydrogen-bond acceptors (Lipinski definition) is 3. The number of aliphatic hydroxyl groups excluding tert-OH is 1. The van der Waals surface area contributed by atoms with E-state index in [-0.39, 0.29) is 19.1 Å². The van der Waals surface area contributed by atoms with Crippen molar-refractivity contribution in [3.05, 3.63) is 29.3 Å². The van der Waals surface area contributed by atoms with Crippen molar-refractivity contribution in [2.75, 3.05) is 13.2 Å². The smallest absolute Gasteiger partial charge is 0.258 e. The van der Waals surface area contributed by atoms with E-state index < -0.39 is 5.54 Å². The molecule has 2 atom stereocenters. The second-order valence-corrected chi connectivity index (χ2v) is 6.31. The van der Waals surface area contributed by atoms with E-state index in [1.165, 1.54) is 0 Å². The van der Waals surface area contributed by atoms with Crippen LogP contribution in [0.1, 0.15) is 32.6 Å². The van der Waals surface area contributed by atoms with Crippen LogP contribution in [0.2, 0.25) is 5.02 Å². The molecule has 0 aromatic heterocycles. The molecule has 1 aliphatic rings. The summed E-state index contributed by atoms with van der Waals surface area (Å²) in [5.41, 5.74) is -0.501. The number of carbonyl (C=O) groups excluding carboxylic acids is 1. The SMILES string of the molecule is CC1CCCC(CO)(NC(=O)COc2ccccc2Cl)C1. The van der Waals surface area contributed by atoms with Crippen molar-refractivity contribution in [3.8, 4) is 5.75 Å². The van der Waals surface area contributed by atoms with Crippen molar-refractivity contribution in [1.82, 2.24) is 5.32 Å². The Morgan fingerprint density at radius 1 is 1.52 bits per heavy atom. The van der Waals surface area contributed by atoms with Crippen LogP contribution in [0, 0.1) is 5.92 Å². The first-order chi connectivity index (χ1) is 10.0. The Balaban J connectivity index is 1.90. The van der Waals surface area contributed by atoms with Crippen LogP contribution in [0.5, 0.6) is 5.75 Å². The molecular weight excluding hydrogens is 290 g/mol. The fourth-order valence-electron chi connectivity index (χ4n) is 2.99. The van der Waals surface area contributed by atoms with E-state index in [9.17, 15) is 9.90 Å². The van der Waals surface area contributed by atoms with Crippen molar-refractivity contribution in [2.45, 2.75) is 38.1 Å². The molecule has 1 aromatic carbocycles. The van der Waals surface area contributed by atoms with Gasteiger partial charge in [-0.3, -0.25) is 4.79 Å². The second kappa shape index (κ2) is 7.14. The number of carbonyl (C=O) groups is 1. The maximum absolute atomic E-state index is 12.1. The highest BCUT2D eigenvalue weighted by molar-refractivity contribution is 6.32. The van der Waals surface area contributed by atoms with Crippen LogP contribution in [-0.2, 0) is 4.79 Å². The quantitative estimate of drug-likeness (QED) is 0.879. The first-order valence-electron chi connectivity index (χ1n) is 7.34. The maximum Gasteiger partial charge on any atom is 0.258 e. The van der Waals surface area contributed by atoms with E-state index in [1.807, 2.05) is 0 Å². The molecule has 1 aromatic rings. The van der Waals surface area contributed by atoms with E-state index in [2.05, 4.69) is 12.2 Å². The summed E-state index contributed by atoms with van der Waals surface area (Å²) >= 11 is 5.98. The van der Waals surface area contributed by atoms with E-state index >= 15 is 0 Å². The number of hydrogen-bond donors (Lipinski definition) is 2. The molecule has 1 saturated carbocycles. The lowest BCUT2D eigenvalue weighted by molar-refractivity contribution is -0.126. The lowest BCUT2D eigenvalue weighted by atomic mass is 9.77. The summed E-state index contributed by atoms with van der Waals surface area (Å²) in [4.78, 5) is 12.1. The van der Waals surface area contributed by atoms with Crippen LogP contribution < -0.4 is 10.1 Å². The predicted molar refractivity (Wildman–Crippen MR) is 82.5 cm³/mol. The average Bonchev–Trinajstić information content (AvgIpc) is 2.46. The number of amides is 1. The molecule has 116 valence electrons. The minimum Gasteiger partial charge on any atom is -0.482 e. The van der Waals surface area contributed by atoms with Gasteiger partial charge in [-0.1, -0.05) is 43.5 Å². The molecule has 0 aliphatic heterocycles. The van der Waals surface area contributed by atoms with Gasteiger partial charge in [-0.25, -0.2) is 0 Å². The van der Waals surface area contributed by atoms with Gasteiger partial charge in [0.05, 0.1) is 17.2 Å². The monoisotopic (exact) mass is 311 g/mol. The summed E-state index contributed by atoms with van der Waals surface area (Å²) in [7, 11) is 0. The number of para-hydroxylation sites is 1. The summed E-state index contributed by atoms with van der Waals surface area (Å²) in [6.07, 6.45) is 3.79. The van der Waals surface area contributed by atoms with Gasteiger partial charge < -0.3 is 15.2 Å². The number of nitrogens with one attached hydrogen (secondary N) is 1. The largest absolute Gasteiger partial charge is 0.482 e.